The molecule has 0 aromatic heterocycles. The van der Waals surface area contributed by atoms with Crippen molar-refractivity contribution >= 4 is 5.91 Å². The average molecular weight is 297 g/mol. The van der Waals surface area contributed by atoms with Crippen LogP contribution in [-0.2, 0) is 12.1 Å². The minimum atomic E-state index is -1.61. The molecule has 5 heteroatoms. The fraction of sp³-hybridized carbons (Fsp3) is 0.235. The number of carbonyl (C=O) groups is 1. The first-order valence-electron chi connectivity index (χ1n) is 7.11. The van der Waals surface area contributed by atoms with E-state index in [1.54, 1.807) is 30.3 Å². The molecule has 0 saturated carbocycles. The number of methoxy groups -OCH3 is 1. The number of amides is 1. The van der Waals surface area contributed by atoms with Crippen LogP contribution < -0.4 is 4.74 Å². The molecular weight excluding hydrogens is 282 g/mol. The Morgan fingerprint density at radius 3 is 2.82 bits per heavy atom. The van der Waals surface area contributed by atoms with Crippen LogP contribution in [0.25, 0.3) is 0 Å². The van der Waals surface area contributed by atoms with Crippen LogP contribution in [0.2, 0.25) is 0 Å². The number of hydrogen-bond acceptors (Lipinski definition) is 4. The van der Waals surface area contributed by atoms with Gasteiger partial charge >= 0.3 is 0 Å². The third-order valence-corrected chi connectivity index (χ3v) is 4.53. The number of phenolic OH excluding ortho intramolecular Hbond substituents is 1. The first kappa shape index (κ1) is 13.2. The molecule has 2 aliphatic rings. The molecule has 2 aliphatic heterocycles. The second kappa shape index (κ2) is 4.24. The number of nitrogens with zero attached hydrogens (tertiary/aromatic N) is 1. The number of rotatable bonds is 1. The molecule has 2 aromatic rings. The quantitative estimate of drug-likeness (QED) is 0.839. The van der Waals surface area contributed by atoms with Gasteiger partial charge in [0.05, 0.1) is 12.7 Å². The van der Waals surface area contributed by atoms with E-state index >= 15 is 0 Å². The van der Waals surface area contributed by atoms with E-state index in [9.17, 15) is 15.0 Å². The maximum atomic E-state index is 12.5. The van der Waals surface area contributed by atoms with Crippen LogP contribution in [-0.4, -0.2) is 34.7 Å². The largest absolute Gasteiger partial charge is 0.507 e. The Balaban J connectivity index is 2.03. The number of aliphatic hydroxyl groups is 1. The fourth-order valence-corrected chi connectivity index (χ4v) is 3.55. The fourth-order valence-electron chi connectivity index (χ4n) is 3.55. The number of benzene rings is 2. The number of aromatic hydroxyl groups is 1. The van der Waals surface area contributed by atoms with E-state index in [1.165, 1.54) is 18.1 Å². The van der Waals surface area contributed by atoms with E-state index < -0.39 is 5.72 Å². The van der Waals surface area contributed by atoms with Crippen LogP contribution in [0, 0.1) is 0 Å². The van der Waals surface area contributed by atoms with Gasteiger partial charge in [-0.2, -0.15) is 0 Å². The van der Waals surface area contributed by atoms with Crippen molar-refractivity contribution in [3.8, 4) is 11.5 Å². The summed E-state index contributed by atoms with van der Waals surface area (Å²) in [6, 6.07) is 10.2. The van der Waals surface area contributed by atoms with Gasteiger partial charge in [-0.15, -0.1) is 0 Å². The Bertz CT molecular complexity index is 801. The lowest BCUT2D eigenvalue weighted by atomic mass is 9.85. The van der Waals surface area contributed by atoms with Crippen molar-refractivity contribution in [1.82, 2.24) is 4.90 Å². The Morgan fingerprint density at radius 2 is 2.05 bits per heavy atom. The summed E-state index contributed by atoms with van der Waals surface area (Å²) in [6.45, 7) is 0.392. The number of ether oxygens (including phenoxy) is 1. The first-order chi connectivity index (χ1) is 10.6. The minimum Gasteiger partial charge on any atom is -0.507 e. The lowest BCUT2D eigenvalue weighted by molar-refractivity contribution is -0.0577. The second-order valence-corrected chi connectivity index (χ2v) is 5.61. The van der Waals surface area contributed by atoms with Crippen LogP contribution in [0.5, 0.6) is 11.5 Å². The van der Waals surface area contributed by atoms with Gasteiger partial charge in [0.2, 0.25) is 0 Å². The molecular formula is C17H15NO4. The lowest BCUT2D eigenvalue weighted by Crippen LogP contribution is -2.49. The van der Waals surface area contributed by atoms with Crippen molar-refractivity contribution in [2.45, 2.75) is 12.1 Å². The second-order valence-electron chi connectivity index (χ2n) is 5.61. The molecule has 1 atom stereocenters. The normalized spacial score (nSPS) is 22.1. The zero-order valence-corrected chi connectivity index (χ0v) is 12.0. The van der Waals surface area contributed by atoms with Crippen LogP contribution in [0.3, 0.4) is 0 Å². The number of carbonyl (C=O) groups excluding carboxylic acids is 1. The molecule has 0 bridgehead atoms. The van der Waals surface area contributed by atoms with Crippen molar-refractivity contribution in [2.24, 2.45) is 0 Å². The molecule has 0 saturated heterocycles. The van der Waals surface area contributed by atoms with E-state index in [0.29, 0.717) is 35.4 Å². The highest BCUT2D eigenvalue weighted by Gasteiger charge is 2.53. The Hall–Kier alpha value is -2.53. The third-order valence-electron chi connectivity index (χ3n) is 4.53. The predicted octanol–water partition coefficient (Wildman–Crippen LogP) is 1.61. The van der Waals surface area contributed by atoms with Gasteiger partial charge in [-0.05, 0) is 24.1 Å². The van der Waals surface area contributed by atoms with Crippen LogP contribution in [0.15, 0.2) is 36.4 Å². The molecule has 2 aromatic carbocycles. The monoisotopic (exact) mass is 297 g/mol. The highest BCUT2D eigenvalue weighted by Crippen LogP contribution is 2.49. The smallest absolute Gasteiger partial charge is 0.257 e. The average Bonchev–Trinajstić information content (AvgIpc) is 2.75. The van der Waals surface area contributed by atoms with Gasteiger partial charge in [0.25, 0.3) is 5.91 Å². The third kappa shape index (κ3) is 1.43. The van der Waals surface area contributed by atoms with Gasteiger partial charge in [0.15, 0.2) is 5.72 Å². The molecule has 2 heterocycles. The first-order valence-corrected chi connectivity index (χ1v) is 7.11. The van der Waals surface area contributed by atoms with Crippen molar-refractivity contribution in [1.29, 1.82) is 0 Å². The van der Waals surface area contributed by atoms with Crippen molar-refractivity contribution in [2.75, 3.05) is 13.7 Å². The molecule has 0 aliphatic carbocycles. The zero-order chi connectivity index (χ0) is 15.5. The zero-order valence-electron chi connectivity index (χ0n) is 12.0. The van der Waals surface area contributed by atoms with Gasteiger partial charge in [0.1, 0.15) is 11.5 Å². The standard InChI is InChI=1S/C17H15NO4/c1-22-11-8-10-6-7-18-16(20)12-4-2-3-5-13(12)17(18,21)15(10)14(19)9-11/h2-5,8-9,19,21H,6-7H2,1H3. The van der Waals surface area contributed by atoms with Crippen LogP contribution >= 0.6 is 0 Å². The van der Waals surface area contributed by atoms with E-state index in [-0.39, 0.29) is 11.7 Å². The van der Waals surface area contributed by atoms with Gasteiger partial charge in [-0.1, -0.05) is 18.2 Å². The molecule has 1 unspecified atom stereocenters. The van der Waals surface area contributed by atoms with Gasteiger partial charge in [-0.25, -0.2) is 0 Å². The Morgan fingerprint density at radius 1 is 1.27 bits per heavy atom. The molecule has 1 amide bonds. The van der Waals surface area contributed by atoms with Crippen molar-refractivity contribution in [3.05, 3.63) is 58.7 Å². The van der Waals surface area contributed by atoms with Crippen LogP contribution in [0.4, 0.5) is 0 Å². The van der Waals surface area contributed by atoms with E-state index in [0.717, 1.165) is 5.56 Å². The highest BCUT2D eigenvalue weighted by molar-refractivity contribution is 6.00. The topological polar surface area (TPSA) is 70.0 Å². The van der Waals surface area contributed by atoms with Gasteiger partial charge < -0.3 is 19.8 Å². The number of phenols is 1. The van der Waals surface area contributed by atoms with E-state index in [2.05, 4.69) is 0 Å². The molecule has 5 nitrogen and oxygen atoms in total. The molecule has 0 radical (unpaired) electrons. The Kier molecular flexibility index (Phi) is 2.53. The van der Waals surface area contributed by atoms with E-state index in [1.807, 2.05) is 0 Å². The molecule has 22 heavy (non-hydrogen) atoms. The van der Waals surface area contributed by atoms with Crippen molar-refractivity contribution < 1.29 is 19.7 Å². The van der Waals surface area contributed by atoms with E-state index in [4.69, 9.17) is 4.74 Å². The van der Waals surface area contributed by atoms with Gasteiger partial charge in [-0.3, -0.25) is 4.79 Å². The SMILES string of the molecule is COc1cc(O)c2c(c1)CCN1C(=O)c3ccccc3C21O. The summed E-state index contributed by atoms with van der Waals surface area (Å²) >= 11 is 0. The highest BCUT2D eigenvalue weighted by atomic mass is 16.5. The lowest BCUT2D eigenvalue weighted by Gasteiger charge is -2.40. The molecule has 4 rings (SSSR count). The predicted molar refractivity (Wildman–Crippen MR) is 78.8 cm³/mol. The van der Waals surface area contributed by atoms with Gasteiger partial charge in [0, 0.05) is 23.7 Å². The van der Waals surface area contributed by atoms with Crippen LogP contribution in [0.1, 0.15) is 27.0 Å². The maximum absolute atomic E-state index is 12.5. The molecule has 2 N–H and O–H groups in total. The maximum Gasteiger partial charge on any atom is 0.257 e. The summed E-state index contributed by atoms with van der Waals surface area (Å²) in [5.41, 5.74) is 0.546. The molecule has 112 valence electrons. The summed E-state index contributed by atoms with van der Waals surface area (Å²) in [5, 5.41) is 21.7. The molecule has 0 spiro atoms. The summed E-state index contributed by atoms with van der Waals surface area (Å²) in [5.74, 6) is 0.260. The molecule has 0 fully saturated rings. The summed E-state index contributed by atoms with van der Waals surface area (Å²) in [4.78, 5) is 14.0. The Labute approximate surface area is 127 Å². The summed E-state index contributed by atoms with van der Waals surface area (Å²) in [7, 11) is 1.53. The summed E-state index contributed by atoms with van der Waals surface area (Å²) < 4.78 is 5.17. The summed E-state index contributed by atoms with van der Waals surface area (Å²) in [6.07, 6.45) is 0.558. The number of hydrogen-bond donors (Lipinski definition) is 2. The number of fused-ring (bicyclic) bond motifs is 5. The van der Waals surface area contributed by atoms with Crippen molar-refractivity contribution in [3.63, 3.8) is 0 Å². The minimum absolute atomic E-state index is 0.0638.